The van der Waals surface area contributed by atoms with Crippen molar-refractivity contribution in [2.75, 3.05) is 20.8 Å². The van der Waals surface area contributed by atoms with E-state index in [9.17, 15) is 23.9 Å². The van der Waals surface area contributed by atoms with Gasteiger partial charge in [0.05, 0.1) is 9.95 Å². The lowest BCUT2D eigenvalue weighted by molar-refractivity contribution is -0.385. The average molecular weight is 448 g/mol. The molecule has 1 atom stereocenters. The zero-order valence-corrected chi connectivity index (χ0v) is 16.9. The van der Waals surface area contributed by atoms with E-state index in [4.69, 9.17) is 30.1 Å². The third kappa shape index (κ3) is 5.74. The van der Waals surface area contributed by atoms with Crippen molar-refractivity contribution >= 4 is 30.9 Å². The minimum Gasteiger partial charge on any atom is -0.482 e. The summed E-state index contributed by atoms with van der Waals surface area (Å²) in [4.78, 5) is 22.6. The van der Waals surface area contributed by atoms with Crippen LogP contribution in [0.5, 0.6) is 5.75 Å². The lowest BCUT2D eigenvalue weighted by Crippen LogP contribution is -2.19. The van der Waals surface area contributed by atoms with Gasteiger partial charge in [0.1, 0.15) is 11.6 Å². The number of hydrogen-bond acceptors (Lipinski definition) is 8. The number of carbonyl (C=O) groups is 1. The van der Waals surface area contributed by atoms with Gasteiger partial charge in [0.15, 0.2) is 6.61 Å². The molecule has 0 radical (unpaired) electrons. The summed E-state index contributed by atoms with van der Waals surface area (Å²) < 4.78 is 46.1. The van der Waals surface area contributed by atoms with E-state index in [2.05, 4.69) is 0 Å². The van der Waals surface area contributed by atoms with E-state index in [0.29, 0.717) is 0 Å². The van der Waals surface area contributed by atoms with E-state index in [-0.39, 0.29) is 22.0 Å². The number of carbonyl (C=O) groups excluding carboxylic acids is 1. The maximum absolute atomic E-state index is 13.2. The number of ether oxygens (including phenoxy) is 2. The molecule has 0 aliphatic carbocycles. The molecule has 0 spiro atoms. The van der Waals surface area contributed by atoms with Gasteiger partial charge in [-0.2, -0.15) is 0 Å². The summed E-state index contributed by atoms with van der Waals surface area (Å²) in [6.07, 6.45) is 0. The van der Waals surface area contributed by atoms with Gasteiger partial charge in [0.25, 0.3) is 5.69 Å². The number of esters is 1. The Kier molecular flexibility index (Phi) is 7.69. The van der Waals surface area contributed by atoms with Crippen molar-refractivity contribution in [3.8, 4) is 5.75 Å². The highest BCUT2D eigenvalue weighted by Gasteiger charge is 2.39. The summed E-state index contributed by atoms with van der Waals surface area (Å²) in [5, 5.41) is 10.8. The number of benzene rings is 2. The van der Waals surface area contributed by atoms with Crippen LogP contribution in [0.2, 0.25) is 5.02 Å². The largest absolute Gasteiger partial charge is 0.482 e. The summed E-state index contributed by atoms with van der Waals surface area (Å²) in [6, 6.07) is 8.48. The number of hydrogen-bond donors (Lipinski definition) is 0. The van der Waals surface area contributed by atoms with Gasteiger partial charge in [-0.25, -0.2) is 9.18 Å². The molecule has 0 aliphatic heterocycles. The normalized spacial score (nSPS) is 12.3. The second kappa shape index (κ2) is 9.80. The molecule has 0 aromatic heterocycles. The Morgan fingerprint density at radius 2 is 1.93 bits per heavy atom. The Morgan fingerprint density at radius 1 is 1.24 bits per heavy atom. The SMILES string of the molecule is COP(=O)(OC)C(OC(=O)COc1ccc(F)c(Cl)c1)c1cccc([N+](=O)[O-])c1. The van der Waals surface area contributed by atoms with Gasteiger partial charge >= 0.3 is 13.6 Å². The summed E-state index contributed by atoms with van der Waals surface area (Å²) in [5.41, 5.74) is -0.274. The maximum atomic E-state index is 13.2. The Hall–Kier alpha value is -2.52. The zero-order chi connectivity index (χ0) is 21.6. The van der Waals surface area contributed by atoms with Crippen molar-refractivity contribution in [3.63, 3.8) is 0 Å². The fourth-order valence-corrected chi connectivity index (χ4v) is 3.72. The number of nitrogens with zero attached hydrogens (tertiary/aromatic N) is 1. The Balaban J connectivity index is 2.22. The summed E-state index contributed by atoms with van der Waals surface area (Å²) in [6.45, 7) is -0.638. The van der Waals surface area contributed by atoms with E-state index in [1.807, 2.05) is 0 Å². The van der Waals surface area contributed by atoms with Crippen molar-refractivity contribution in [1.29, 1.82) is 0 Å². The van der Waals surface area contributed by atoms with Crippen molar-refractivity contribution in [2.45, 2.75) is 5.85 Å². The van der Waals surface area contributed by atoms with Crippen LogP contribution in [0.1, 0.15) is 11.4 Å². The molecule has 0 fully saturated rings. The quantitative estimate of drug-likeness (QED) is 0.239. The van der Waals surface area contributed by atoms with Crippen LogP contribution >= 0.6 is 19.2 Å². The van der Waals surface area contributed by atoms with Crippen molar-refractivity contribution in [1.82, 2.24) is 0 Å². The zero-order valence-electron chi connectivity index (χ0n) is 15.2. The first-order chi connectivity index (χ1) is 13.7. The van der Waals surface area contributed by atoms with Crippen molar-refractivity contribution < 1.29 is 37.2 Å². The Bertz CT molecular complexity index is 949. The first kappa shape index (κ1) is 22.8. The summed E-state index contributed by atoms with van der Waals surface area (Å²) >= 11 is 5.64. The van der Waals surface area contributed by atoms with Gasteiger partial charge in [-0.05, 0) is 12.1 Å². The second-order valence-corrected chi connectivity index (χ2v) is 8.15. The predicted molar refractivity (Wildman–Crippen MR) is 100 cm³/mol. The predicted octanol–water partition coefficient (Wildman–Crippen LogP) is 4.49. The average Bonchev–Trinajstić information content (AvgIpc) is 2.72. The van der Waals surface area contributed by atoms with Crippen LogP contribution in [-0.2, 0) is 23.1 Å². The second-order valence-electron chi connectivity index (χ2n) is 5.46. The fraction of sp³-hybridized carbons (Fsp3) is 0.235. The highest BCUT2D eigenvalue weighted by molar-refractivity contribution is 7.54. The van der Waals surface area contributed by atoms with Crippen LogP contribution in [0.3, 0.4) is 0 Å². The number of nitro groups is 1. The number of nitro benzene ring substituents is 1. The standard InChI is InChI=1S/C17H16ClFNO8P/c1-25-29(24,26-2)17(11-4-3-5-12(8-11)20(22)23)28-16(21)10-27-13-6-7-15(19)14(18)9-13/h3-9,17H,10H2,1-2H3. The molecular formula is C17H16ClFNO8P. The van der Waals surface area contributed by atoms with E-state index in [0.717, 1.165) is 32.4 Å². The molecule has 12 heteroatoms. The number of rotatable bonds is 9. The third-order valence-corrected chi connectivity index (χ3v) is 5.94. The molecule has 1 unspecified atom stereocenters. The summed E-state index contributed by atoms with van der Waals surface area (Å²) in [7, 11) is -1.85. The van der Waals surface area contributed by atoms with Crippen LogP contribution in [-0.4, -0.2) is 31.7 Å². The lowest BCUT2D eigenvalue weighted by Gasteiger charge is -2.24. The topological polar surface area (TPSA) is 114 Å². The summed E-state index contributed by atoms with van der Waals surface area (Å²) in [5.74, 6) is -3.11. The monoisotopic (exact) mass is 447 g/mol. The fourth-order valence-electron chi connectivity index (χ4n) is 2.24. The molecule has 29 heavy (non-hydrogen) atoms. The molecule has 0 N–H and O–H groups in total. The highest BCUT2D eigenvalue weighted by Crippen LogP contribution is 2.60. The molecule has 0 saturated carbocycles. The van der Waals surface area contributed by atoms with Gasteiger partial charge in [-0.1, -0.05) is 23.7 Å². The van der Waals surface area contributed by atoms with Gasteiger partial charge in [-0.15, -0.1) is 0 Å². The lowest BCUT2D eigenvalue weighted by atomic mass is 10.2. The highest BCUT2D eigenvalue weighted by atomic mass is 35.5. The van der Waals surface area contributed by atoms with Gasteiger partial charge < -0.3 is 18.5 Å². The molecule has 0 heterocycles. The van der Waals surface area contributed by atoms with Gasteiger partial charge in [0, 0.05) is 38.0 Å². The molecule has 2 aromatic rings. The molecule has 9 nitrogen and oxygen atoms in total. The van der Waals surface area contributed by atoms with Crippen LogP contribution in [0.15, 0.2) is 42.5 Å². The van der Waals surface area contributed by atoms with Crippen LogP contribution in [0, 0.1) is 15.9 Å². The molecule has 0 bridgehead atoms. The van der Waals surface area contributed by atoms with E-state index >= 15 is 0 Å². The first-order valence-electron chi connectivity index (χ1n) is 7.93. The van der Waals surface area contributed by atoms with Crippen LogP contribution in [0.4, 0.5) is 10.1 Å². The van der Waals surface area contributed by atoms with Gasteiger partial charge in [0.2, 0.25) is 5.85 Å². The third-order valence-electron chi connectivity index (χ3n) is 3.65. The van der Waals surface area contributed by atoms with E-state index < -0.39 is 36.8 Å². The first-order valence-corrected chi connectivity index (χ1v) is 9.92. The minimum atomic E-state index is -4.02. The van der Waals surface area contributed by atoms with Crippen LogP contribution in [0.25, 0.3) is 0 Å². The molecule has 0 amide bonds. The molecule has 156 valence electrons. The molecule has 2 aromatic carbocycles. The van der Waals surface area contributed by atoms with E-state index in [1.165, 1.54) is 24.3 Å². The maximum Gasteiger partial charge on any atom is 0.375 e. The number of halogens is 2. The number of non-ortho nitro benzene ring substituents is 1. The minimum absolute atomic E-state index is 0.0319. The smallest absolute Gasteiger partial charge is 0.375 e. The molecule has 2 rings (SSSR count). The van der Waals surface area contributed by atoms with E-state index in [1.54, 1.807) is 0 Å². The van der Waals surface area contributed by atoms with Gasteiger partial charge in [-0.3, -0.25) is 14.7 Å². The van der Waals surface area contributed by atoms with Crippen LogP contribution < -0.4 is 4.74 Å². The molecule has 0 saturated heterocycles. The molecule has 0 aliphatic rings. The Labute approximate surface area is 170 Å². The van der Waals surface area contributed by atoms with Crippen molar-refractivity contribution in [2.24, 2.45) is 0 Å². The Morgan fingerprint density at radius 3 is 2.52 bits per heavy atom. The van der Waals surface area contributed by atoms with Crippen molar-refractivity contribution in [3.05, 3.63) is 69.0 Å². The molecular weight excluding hydrogens is 432 g/mol.